The van der Waals surface area contributed by atoms with Gasteiger partial charge in [0.1, 0.15) is 5.75 Å². The zero-order chi connectivity index (χ0) is 21.8. The Morgan fingerprint density at radius 1 is 1.23 bits per heavy atom. The van der Waals surface area contributed by atoms with Crippen LogP contribution in [0.5, 0.6) is 5.75 Å². The first-order valence-corrected chi connectivity index (χ1v) is 11.1. The molecule has 0 unspecified atom stereocenters. The minimum atomic E-state index is -0.666. The van der Waals surface area contributed by atoms with E-state index in [1.54, 1.807) is 31.4 Å². The Hall–Kier alpha value is -2.00. The van der Waals surface area contributed by atoms with Gasteiger partial charge in [0.15, 0.2) is 5.79 Å². The molecule has 8 heteroatoms. The highest BCUT2D eigenvalue weighted by Gasteiger charge is 2.49. The summed E-state index contributed by atoms with van der Waals surface area (Å²) in [5.41, 5.74) is 0. The molecule has 0 aromatic heterocycles. The molecule has 31 heavy (non-hydrogen) atoms. The monoisotopic (exact) mass is 432 g/mol. The number of benzene rings is 1. The van der Waals surface area contributed by atoms with Gasteiger partial charge in [-0.25, -0.2) is 9.69 Å². The summed E-state index contributed by atoms with van der Waals surface area (Å²) in [6, 6.07) is 9.20. The van der Waals surface area contributed by atoms with Gasteiger partial charge >= 0.3 is 6.09 Å². The van der Waals surface area contributed by atoms with E-state index in [0.29, 0.717) is 38.0 Å². The fourth-order valence-electron chi connectivity index (χ4n) is 5.26. The Morgan fingerprint density at radius 2 is 1.97 bits per heavy atom. The van der Waals surface area contributed by atoms with Crippen LogP contribution >= 0.6 is 0 Å². The first kappa shape index (κ1) is 22.2. The topological polar surface area (TPSA) is 77.5 Å². The summed E-state index contributed by atoms with van der Waals surface area (Å²) in [7, 11) is 3.61. The van der Waals surface area contributed by atoms with Crippen molar-refractivity contribution in [2.75, 3.05) is 47.1 Å². The van der Waals surface area contributed by atoms with Crippen LogP contribution in [0, 0.1) is 11.8 Å². The molecule has 1 spiro atoms. The van der Waals surface area contributed by atoms with E-state index in [2.05, 4.69) is 11.9 Å². The fourth-order valence-corrected chi connectivity index (χ4v) is 5.26. The molecule has 2 amide bonds. The molecule has 0 bridgehead atoms. The third-order valence-electron chi connectivity index (χ3n) is 6.72. The van der Waals surface area contributed by atoms with E-state index in [1.165, 1.54) is 4.90 Å². The molecule has 0 N–H and O–H groups in total. The van der Waals surface area contributed by atoms with Crippen LogP contribution in [0.25, 0.3) is 0 Å². The van der Waals surface area contributed by atoms with Crippen LogP contribution in [0.1, 0.15) is 25.7 Å². The first-order chi connectivity index (χ1) is 15.0. The molecule has 0 radical (unpaired) electrons. The maximum atomic E-state index is 13.4. The largest absolute Gasteiger partial charge is 0.422 e. The number of amides is 2. The predicted molar refractivity (Wildman–Crippen MR) is 113 cm³/mol. The summed E-state index contributed by atoms with van der Waals surface area (Å²) in [5, 5.41) is 0. The number of methoxy groups -OCH3 is 1. The van der Waals surface area contributed by atoms with Crippen molar-refractivity contribution in [3.63, 3.8) is 0 Å². The van der Waals surface area contributed by atoms with Gasteiger partial charge in [0.25, 0.3) is 0 Å². The lowest BCUT2D eigenvalue weighted by Crippen LogP contribution is -2.56. The third-order valence-corrected chi connectivity index (χ3v) is 6.72. The van der Waals surface area contributed by atoms with E-state index >= 15 is 0 Å². The average Bonchev–Trinajstić information content (AvgIpc) is 3.21. The van der Waals surface area contributed by atoms with Gasteiger partial charge in [-0.2, -0.15) is 0 Å². The smallest absolute Gasteiger partial charge is 0.410 e. The maximum Gasteiger partial charge on any atom is 0.422 e. The number of likely N-dealkylation sites (tertiary alicyclic amines) is 1. The van der Waals surface area contributed by atoms with E-state index < -0.39 is 11.9 Å². The molecule has 170 valence electrons. The molecular weight excluding hydrogens is 400 g/mol. The molecular formula is C23H32N2O6. The number of fused-ring (bicyclic) bond motifs is 1. The van der Waals surface area contributed by atoms with Crippen molar-refractivity contribution in [2.45, 2.75) is 37.5 Å². The van der Waals surface area contributed by atoms with Gasteiger partial charge < -0.3 is 23.8 Å². The number of hydrogen-bond donors (Lipinski definition) is 0. The zero-order valence-corrected chi connectivity index (χ0v) is 18.3. The molecule has 2 saturated heterocycles. The van der Waals surface area contributed by atoms with E-state index in [-0.39, 0.29) is 30.9 Å². The summed E-state index contributed by atoms with van der Waals surface area (Å²) in [6.07, 6.45) is 2.72. The Labute approximate surface area is 183 Å². The molecule has 1 saturated carbocycles. The van der Waals surface area contributed by atoms with Gasteiger partial charge in [-0.15, -0.1) is 0 Å². The van der Waals surface area contributed by atoms with Crippen molar-refractivity contribution in [3.05, 3.63) is 30.3 Å². The highest BCUT2D eigenvalue weighted by atomic mass is 16.7. The molecule has 2 aliphatic heterocycles. The van der Waals surface area contributed by atoms with Crippen molar-refractivity contribution in [1.29, 1.82) is 0 Å². The number of piperidine rings is 1. The standard InChI is InChI=1S/C23H32N2O6/c1-24-16-18(14-17-15-23(9-8-20(17)24)29-12-13-30-23)21(26)25(10-11-28-2)22(27)31-19-6-4-3-5-7-19/h3-7,17-18,20H,8-16H2,1-2H3/t17-,18-,20-/m1/s1. The van der Waals surface area contributed by atoms with Crippen LogP contribution in [0.2, 0.25) is 0 Å². The normalized spacial score (nSPS) is 27.6. The number of imide groups is 1. The molecule has 3 fully saturated rings. The molecule has 1 aliphatic carbocycles. The number of hydrogen-bond acceptors (Lipinski definition) is 7. The Kier molecular flexibility index (Phi) is 6.91. The second-order valence-corrected chi connectivity index (χ2v) is 8.71. The Bertz CT molecular complexity index is 767. The van der Waals surface area contributed by atoms with E-state index in [9.17, 15) is 9.59 Å². The number of para-hydroxylation sites is 1. The highest BCUT2D eigenvalue weighted by molar-refractivity contribution is 5.94. The van der Waals surface area contributed by atoms with Crippen LogP contribution in [-0.4, -0.2) is 80.7 Å². The van der Waals surface area contributed by atoms with Crippen LogP contribution in [0.4, 0.5) is 4.79 Å². The molecule has 2 heterocycles. The SMILES string of the molecule is COCCN(C(=O)Oc1ccccc1)C(=O)[C@@H]1C[C@@H]2CC3(CC[C@H]2N(C)C1)OCCO3. The van der Waals surface area contributed by atoms with Crippen molar-refractivity contribution < 1.29 is 28.5 Å². The van der Waals surface area contributed by atoms with Crippen molar-refractivity contribution >= 4 is 12.0 Å². The first-order valence-electron chi connectivity index (χ1n) is 11.1. The molecule has 3 aliphatic rings. The van der Waals surface area contributed by atoms with Crippen LogP contribution in [0.15, 0.2) is 30.3 Å². The van der Waals surface area contributed by atoms with Gasteiger partial charge in [-0.3, -0.25) is 4.79 Å². The summed E-state index contributed by atoms with van der Waals surface area (Å²) in [6.45, 7) is 2.30. The average molecular weight is 433 g/mol. The van der Waals surface area contributed by atoms with Crippen molar-refractivity contribution in [3.8, 4) is 5.75 Å². The van der Waals surface area contributed by atoms with E-state index in [4.69, 9.17) is 18.9 Å². The van der Waals surface area contributed by atoms with Crippen LogP contribution < -0.4 is 4.74 Å². The Balaban J connectivity index is 1.46. The lowest BCUT2D eigenvalue weighted by Gasteiger charge is -2.49. The lowest BCUT2D eigenvalue weighted by atomic mass is 9.72. The number of carbonyl (C=O) groups excluding carboxylic acids is 2. The predicted octanol–water partition coefficient (Wildman–Crippen LogP) is 2.52. The summed E-state index contributed by atoms with van der Waals surface area (Å²) in [5.74, 6) is -0.295. The van der Waals surface area contributed by atoms with Crippen LogP contribution in [0.3, 0.4) is 0 Å². The lowest BCUT2D eigenvalue weighted by molar-refractivity contribution is -0.202. The number of ether oxygens (including phenoxy) is 4. The second-order valence-electron chi connectivity index (χ2n) is 8.71. The molecule has 8 nitrogen and oxygen atoms in total. The van der Waals surface area contributed by atoms with Crippen molar-refractivity contribution in [2.24, 2.45) is 11.8 Å². The molecule has 1 aromatic carbocycles. The van der Waals surface area contributed by atoms with Gasteiger partial charge in [-0.05, 0) is 37.9 Å². The minimum absolute atomic E-state index is 0.158. The zero-order valence-electron chi connectivity index (χ0n) is 18.3. The van der Waals surface area contributed by atoms with Gasteiger partial charge in [0.05, 0.1) is 32.3 Å². The van der Waals surface area contributed by atoms with Gasteiger partial charge in [0.2, 0.25) is 5.91 Å². The van der Waals surface area contributed by atoms with Gasteiger partial charge in [-0.1, -0.05) is 18.2 Å². The number of carbonyl (C=O) groups is 2. The van der Waals surface area contributed by atoms with Crippen molar-refractivity contribution in [1.82, 2.24) is 9.80 Å². The minimum Gasteiger partial charge on any atom is -0.410 e. The summed E-state index contributed by atoms with van der Waals surface area (Å²) < 4.78 is 22.5. The Morgan fingerprint density at radius 3 is 2.68 bits per heavy atom. The summed E-state index contributed by atoms with van der Waals surface area (Å²) in [4.78, 5) is 29.7. The third kappa shape index (κ3) is 4.92. The summed E-state index contributed by atoms with van der Waals surface area (Å²) >= 11 is 0. The highest BCUT2D eigenvalue weighted by Crippen LogP contribution is 2.45. The van der Waals surface area contributed by atoms with E-state index in [1.807, 2.05) is 6.07 Å². The number of rotatable bonds is 5. The maximum absolute atomic E-state index is 13.4. The van der Waals surface area contributed by atoms with E-state index in [0.717, 1.165) is 19.3 Å². The van der Waals surface area contributed by atoms with Crippen LogP contribution in [-0.2, 0) is 19.0 Å². The fraction of sp³-hybridized carbons (Fsp3) is 0.652. The molecule has 3 atom stereocenters. The number of nitrogens with zero attached hydrogens (tertiary/aromatic N) is 2. The molecule has 4 rings (SSSR count). The quantitative estimate of drug-likeness (QED) is 0.708. The van der Waals surface area contributed by atoms with Gasteiger partial charge in [0, 0.05) is 32.5 Å². The molecule has 1 aromatic rings. The second kappa shape index (κ2) is 9.65.